The average Bonchev–Trinajstić information content (AvgIpc) is 2.66. The zero-order valence-corrected chi connectivity index (χ0v) is 10.2. The predicted molar refractivity (Wildman–Crippen MR) is 63.8 cm³/mol. The first-order chi connectivity index (χ1) is 7.53. The summed E-state index contributed by atoms with van der Waals surface area (Å²) in [6.07, 6.45) is 1.81. The van der Waals surface area contributed by atoms with E-state index in [4.69, 9.17) is 4.74 Å². The molecule has 1 unspecified atom stereocenters. The van der Waals surface area contributed by atoms with E-state index >= 15 is 0 Å². The molecule has 1 aliphatic rings. The van der Waals surface area contributed by atoms with Crippen molar-refractivity contribution in [1.82, 2.24) is 0 Å². The first-order valence-electron chi connectivity index (χ1n) is 5.79. The quantitative estimate of drug-likeness (QED) is 0.713. The molecule has 0 N–H and O–H groups in total. The van der Waals surface area contributed by atoms with Gasteiger partial charge in [-0.2, -0.15) is 0 Å². The summed E-state index contributed by atoms with van der Waals surface area (Å²) in [5.74, 6) is 0.127. The number of ketones is 1. The zero-order valence-electron chi connectivity index (χ0n) is 10.2. The summed E-state index contributed by atoms with van der Waals surface area (Å²) in [5, 5.41) is 0. The first kappa shape index (κ1) is 11.3. The van der Waals surface area contributed by atoms with Gasteiger partial charge in [-0.1, -0.05) is 23.8 Å². The third-order valence-corrected chi connectivity index (χ3v) is 3.33. The normalized spacial score (nSPS) is 24.7. The Bertz CT molecular complexity index is 415. The minimum Gasteiger partial charge on any atom is -0.367 e. The van der Waals surface area contributed by atoms with Gasteiger partial charge in [0, 0.05) is 12.2 Å². The van der Waals surface area contributed by atoms with Crippen LogP contribution in [0.15, 0.2) is 18.2 Å². The third kappa shape index (κ3) is 1.90. The average molecular weight is 218 g/mol. The van der Waals surface area contributed by atoms with Crippen molar-refractivity contribution >= 4 is 5.78 Å². The van der Waals surface area contributed by atoms with Crippen LogP contribution in [0.2, 0.25) is 0 Å². The smallest absolute Gasteiger partial charge is 0.194 e. The Morgan fingerprint density at radius 3 is 2.69 bits per heavy atom. The van der Waals surface area contributed by atoms with Gasteiger partial charge in [0.15, 0.2) is 5.78 Å². The van der Waals surface area contributed by atoms with E-state index in [0.717, 1.165) is 24.0 Å². The van der Waals surface area contributed by atoms with Crippen molar-refractivity contribution in [3.63, 3.8) is 0 Å². The molecule has 0 aromatic heterocycles. The Morgan fingerprint density at radius 1 is 1.38 bits per heavy atom. The van der Waals surface area contributed by atoms with Crippen LogP contribution >= 0.6 is 0 Å². The largest absolute Gasteiger partial charge is 0.367 e. The number of Topliss-reactive ketones (excluding diaryl/α,β-unsaturated/α-hetero) is 1. The van der Waals surface area contributed by atoms with Crippen LogP contribution in [0.25, 0.3) is 0 Å². The number of hydrogen-bond acceptors (Lipinski definition) is 2. The van der Waals surface area contributed by atoms with E-state index in [2.05, 4.69) is 0 Å². The maximum atomic E-state index is 12.4. The number of benzene rings is 1. The molecule has 0 amide bonds. The molecular weight excluding hydrogens is 200 g/mol. The molecule has 1 aromatic rings. The highest BCUT2D eigenvalue weighted by molar-refractivity contribution is 6.03. The second-order valence-corrected chi connectivity index (χ2v) is 4.83. The van der Waals surface area contributed by atoms with Crippen molar-refractivity contribution in [3.05, 3.63) is 34.9 Å². The maximum absolute atomic E-state index is 12.4. The number of hydrogen-bond donors (Lipinski definition) is 0. The van der Waals surface area contributed by atoms with E-state index in [1.807, 2.05) is 39.0 Å². The summed E-state index contributed by atoms with van der Waals surface area (Å²) in [5.41, 5.74) is 2.43. The summed E-state index contributed by atoms with van der Waals surface area (Å²) in [4.78, 5) is 12.4. The molecule has 1 aliphatic heterocycles. The summed E-state index contributed by atoms with van der Waals surface area (Å²) < 4.78 is 5.59. The lowest BCUT2D eigenvalue weighted by atomic mass is 9.89. The van der Waals surface area contributed by atoms with Crippen LogP contribution in [0.1, 0.15) is 41.3 Å². The number of ether oxygens (including phenoxy) is 1. The van der Waals surface area contributed by atoms with Crippen molar-refractivity contribution in [2.45, 2.75) is 39.2 Å². The summed E-state index contributed by atoms with van der Waals surface area (Å²) in [6.45, 7) is 6.63. The summed E-state index contributed by atoms with van der Waals surface area (Å²) in [7, 11) is 0. The van der Waals surface area contributed by atoms with Crippen molar-refractivity contribution < 1.29 is 9.53 Å². The van der Waals surface area contributed by atoms with Crippen LogP contribution in [0, 0.1) is 13.8 Å². The highest BCUT2D eigenvalue weighted by Crippen LogP contribution is 2.30. The van der Waals surface area contributed by atoms with Gasteiger partial charge in [0.2, 0.25) is 0 Å². The molecule has 2 nitrogen and oxygen atoms in total. The van der Waals surface area contributed by atoms with Gasteiger partial charge in [-0.3, -0.25) is 4.79 Å². The number of carbonyl (C=O) groups excluding carboxylic acids is 1. The lowest BCUT2D eigenvalue weighted by Crippen LogP contribution is -2.34. The van der Waals surface area contributed by atoms with Crippen molar-refractivity contribution in [2.24, 2.45) is 0 Å². The molecule has 86 valence electrons. The van der Waals surface area contributed by atoms with Crippen LogP contribution in [0.4, 0.5) is 0 Å². The lowest BCUT2D eigenvalue weighted by Gasteiger charge is -2.22. The summed E-state index contributed by atoms with van der Waals surface area (Å²) in [6, 6.07) is 5.95. The van der Waals surface area contributed by atoms with Crippen molar-refractivity contribution in [3.8, 4) is 0 Å². The van der Waals surface area contributed by atoms with Gasteiger partial charge in [-0.05, 0) is 39.2 Å². The van der Waals surface area contributed by atoms with Gasteiger partial charge >= 0.3 is 0 Å². The molecule has 2 heteroatoms. The standard InChI is InChI=1S/C14H18O2/c1-10-5-6-12(11(2)9-10)13(15)14(3)7-4-8-16-14/h5-6,9H,4,7-8H2,1-3H3. The molecule has 1 heterocycles. The SMILES string of the molecule is Cc1ccc(C(=O)C2(C)CCCO2)c(C)c1. The molecule has 0 saturated carbocycles. The molecule has 1 fully saturated rings. The Morgan fingerprint density at radius 2 is 2.12 bits per heavy atom. The van der Waals surface area contributed by atoms with E-state index in [0.29, 0.717) is 6.61 Å². The zero-order chi connectivity index (χ0) is 11.8. The Labute approximate surface area is 96.6 Å². The molecular formula is C14H18O2. The Kier molecular flexibility index (Phi) is 2.85. The summed E-state index contributed by atoms with van der Waals surface area (Å²) >= 11 is 0. The van der Waals surface area contributed by atoms with E-state index < -0.39 is 5.60 Å². The fourth-order valence-corrected chi connectivity index (χ4v) is 2.31. The monoisotopic (exact) mass is 218 g/mol. The van der Waals surface area contributed by atoms with E-state index in [9.17, 15) is 4.79 Å². The molecule has 1 saturated heterocycles. The van der Waals surface area contributed by atoms with Crippen LogP contribution in [0.3, 0.4) is 0 Å². The topological polar surface area (TPSA) is 26.3 Å². The van der Waals surface area contributed by atoms with E-state index in [1.54, 1.807) is 0 Å². The molecule has 0 spiro atoms. The molecule has 0 bridgehead atoms. The number of carbonyl (C=O) groups is 1. The van der Waals surface area contributed by atoms with E-state index in [-0.39, 0.29) is 5.78 Å². The van der Waals surface area contributed by atoms with Crippen molar-refractivity contribution in [1.29, 1.82) is 0 Å². The minimum atomic E-state index is -0.597. The maximum Gasteiger partial charge on any atom is 0.194 e. The van der Waals surface area contributed by atoms with Crippen LogP contribution in [-0.2, 0) is 4.74 Å². The van der Waals surface area contributed by atoms with Gasteiger partial charge < -0.3 is 4.74 Å². The van der Waals surface area contributed by atoms with Crippen molar-refractivity contribution in [2.75, 3.05) is 6.61 Å². The number of aryl methyl sites for hydroxylation is 2. The molecule has 1 atom stereocenters. The third-order valence-electron chi connectivity index (χ3n) is 3.33. The fourth-order valence-electron chi connectivity index (χ4n) is 2.31. The van der Waals surface area contributed by atoms with Gasteiger partial charge in [-0.25, -0.2) is 0 Å². The molecule has 1 aromatic carbocycles. The van der Waals surface area contributed by atoms with Gasteiger partial charge in [0.05, 0.1) is 0 Å². The Balaban J connectivity index is 2.33. The number of rotatable bonds is 2. The molecule has 0 aliphatic carbocycles. The molecule has 0 radical (unpaired) electrons. The second kappa shape index (κ2) is 4.02. The second-order valence-electron chi connectivity index (χ2n) is 4.83. The molecule has 16 heavy (non-hydrogen) atoms. The van der Waals surface area contributed by atoms with Gasteiger partial charge in [0.25, 0.3) is 0 Å². The minimum absolute atomic E-state index is 0.127. The van der Waals surface area contributed by atoms with E-state index in [1.165, 1.54) is 5.56 Å². The highest BCUT2D eigenvalue weighted by atomic mass is 16.5. The first-order valence-corrected chi connectivity index (χ1v) is 5.79. The highest BCUT2D eigenvalue weighted by Gasteiger charge is 2.38. The van der Waals surface area contributed by atoms with Crippen LogP contribution in [-0.4, -0.2) is 18.0 Å². The van der Waals surface area contributed by atoms with Gasteiger partial charge in [-0.15, -0.1) is 0 Å². The lowest BCUT2D eigenvalue weighted by molar-refractivity contribution is 0.0213. The predicted octanol–water partition coefficient (Wildman–Crippen LogP) is 3.06. The molecule has 2 rings (SSSR count). The van der Waals surface area contributed by atoms with Gasteiger partial charge in [0.1, 0.15) is 5.60 Å². The van der Waals surface area contributed by atoms with Crippen LogP contribution in [0.5, 0.6) is 0 Å². The Hall–Kier alpha value is -1.15. The van der Waals surface area contributed by atoms with Crippen LogP contribution < -0.4 is 0 Å². The fraction of sp³-hybridized carbons (Fsp3) is 0.500.